The number of aromatic nitrogens is 2. The van der Waals surface area contributed by atoms with Crippen molar-refractivity contribution in [2.24, 2.45) is 0 Å². The van der Waals surface area contributed by atoms with Crippen LogP contribution in [-0.2, 0) is 6.42 Å². The van der Waals surface area contributed by atoms with Crippen molar-refractivity contribution in [1.29, 1.82) is 5.26 Å². The standard InChI is InChI=1S/C18H13FN4O2/c1-2-16-22-17(23-25-16)12-4-3-5-13(9-12)21-18(24)14-7-6-11(10-20)8-15(14)19/h3-9H,2H2,1H3,(H,21,24). The van der Waals surface area contributed by atoms with Crippen molar-refractivity contribution in [3.63, 3.8) is 0 Å². The van der Waals surface area contributed by atoms with Gasteiger partial charge in [-0.25, -0.2) is 4.39 Å². The van der Waals surface area contributed by atoms with Gasteiger partial charge in [-0.05, 0) is 30.3 Å². The number of hydrogen-bond acceptors (Lipinski definition) is 5. The van der Waals surface area contributed by atoms with E-state index in [1.165, 1.54) is 12.1 Å². The number of aryl methyl sites for hydroxylation is 1. The Hall–Kier alpha value is -3.53. The molecule has 0 unspecified atom stereocenters. The summed E-state index contributed by atoms with van der Waals surface area (Å²) in [5.74, 6) is -0.429. The van der Waals surface area contributed by atoms with E-state index in [-0.39, 0.29) is 11.1 Å². The Bertz CT molecular complexity index is 975. The molecule has 124 valence electrons. The quantitative estimate of drug-likeness (QED) is 0.786. The molecule has 1 aromatic heterocycles. The second-order valence-electron chi connectivity index (χ2n) is 5.21. The van der Waals surface area contributed by atoms with Gasteiger partial charge in [0.25, 0.3) is 5.91 Å². The summed E-state index contributed by atoms with van der Waals surface area (Å²) in [6.45, 7) is 1.90. The van der Waals surface area contributed by atoms with Crippen molar-refractivity contribution < 1.29 is 13.7 Å². The van der Waals surface area contributed by atoms with E-state index in [9.17, 15) is 9.18 Å². The first-order valence-electron chi connectivity index (χ1n) is 7.54. The summed E-state index contributed by atoms with van der Waals surface area (Å²) in [5, 5.41) is 15.2. The third kappa shape index (κ3) is 3.53. The van der Waals surface area contributed by atoms with Crippen LogP contribution in [-0.4, -0.2) is 16.0 Å². The normalized spacial score (nSPS) is 10.3. The summed E-state index contributed by atoms with van der Waals surface area (Å²) < 4.78 is 19.0. The second kappa shape index (κ2) is 6.93. The van der Waals surface area contributed by atoms with E-state index in [0.717, 1.165) is 6.07 Å². The van der Waals surface area contributed by atoms with Crippen LogP contribution < -0.4 is 5.32 Å². The van der Waals surface area contributed by atoms with Crippen molar-refractivity contribution >= 4 is 11.6 Å². The van der Waals surface area contributed by atoms with Crippen LogP contribution in [0.25, 0.3) is 11.4 Å². The number of amides is 1. The summed E-state index contributed by atoms with van der Waals surface area (Å²) in [6, 6.07) is 12.4. The Kier molecular flexibility index (Phi) is 4.53. The zero-order chi connectivity index (χ0) is 17.8. The predicted molar refractivity (Wildman–Crippen MR) is 88.2 cm³/mol. The number of anilines is 1. The van der Waals surface area contributed by atoms with Gasteiger partial charge in [0.15, 0.2) is 0 Å². The van der Waals surface area contributed by atoms with Gasteiger partial charge in [-0.1, -0.05) is 24.2 Å². The van der Waals surface area contributed by atoms with E-state index in [1.54, 1.807) is 24.3 Å². The molecule has 0 radical (unpaired) electrons. The Morgan fingerprint density at radius 3 is 2.84 bits per heavy atom. The maximum Gasteiger partial charge on any atom is 0.258 e. The highest BCUT2D eigenvalue weighted by Gasteiger charge is 2.14. The van der Waals surface area contributed by atoms with E-state index in [4.69, 9.17) is 9.78 Å². The van der Waals surface area contributed by atoms with Crippen molar-refractivity contribution in [3.8, 4) is 17.5 Å². The number of hydrogen-bond donors (Lipinski definition) is 1. The molecule has 0 atom stereocenters. The first kappa shape index (κ1) is 16.3. The average Bonchev–Trinajstić information content (AvgIpc) is 3.11. The van der Waals surface area contributed by atoms with Crippen molar-refractivity contribution in [1.82, 2.24) is 10.1 Å². The van der Waals surface area contributed by atoms with Crippen LogP contribution in [0.4, 0.5) is 10.1 Å². The topological polar surface area (TPSA) is 91.8 Å². The lowest BCUT2D eigenvalue weighted by Gasteiger charge is -2.07. The van der Waals surface area contributed by atoms with Gasteiger partial charge in [0, 0.05) is 17.7 Å². The average molecular weight is 336 g/mol. The molecule has 0 aliphatic carbocycles. The van der Waals surface area contributed by atoms with Gasteiger partial charge in [0.1, 0.15) is 5.82 Å². The lowest BCUT2D eigenvalue weighted by Crippen LogP contribution is -2.13. The predicted octanol–water partition coefficient (Wildman–Crippen LogP) is 3.56. The third-order valence-corrected chi connectivity index (χ3v) is 3.49. The molecule has 0 aliphatic rings. The molecule has 0 spiro atoms. The summed E-state index contributed by atoms with van der Waals surface area (Å²) >= 11 is 0. The van der Waals surface area contributed by atoms with Gasteiger partial charge in [-0.3, -0.25) is 4.79 Å². The molecule has 6 nitrogen and oxygen atoms in total. The zero-order valence-electron chi connectivity index (χ0n) is 13.3. The van der Waals surface area contributed by atoms with E-state index in [1.807, 2.05) is 13.0 Å². The minimum Gasteiger partial charge on any atom is -0.339 e. The number of nitriles is 1. The largest absolute Gasteiger partial charge is 0.339 e. The van der Waals surface area contributed by atoms with Crippen molar-refractivity contribution in [2.75, 3.05) is 5.32 Å². The lowest BCUT2D eigenvalue weighted by atomic mass is 10.1. The number of carbonyl (C=O) groups is 1. The fraction of sp³-hybridized carbons (Fsp3) is 0.111. The highest BCUT2D eigenvalue weighted by Crippen LogP contribution is 2.21. The van der Waals surface area contributed by atoms with Gasteiger partial charge in [0.05, 0.1) is 17.2 Å². The van der Waals surface area contributed by atoms with E-state index >= 15 is 0 Å². The molecule has 1 heterocycles. The molecular formula is C18H13FN4O2. The smallest absolute Gasteiger partial charge is 0.258 e. The molecule has 3 aromatic rings. The molecule has 0 fully saturated rings. The van der Waals surface area contributed by atoms with Crippen molar-refractivity contribution in [3.05, 3.63) is 65.3 Å². The third-order valence-electron chi connectivity index (χ3n) is 3.49. The molecule has 0 saturated carbocycles. The lowest BCUT2D eigenvalue weighted by molar-refractivity contribution is 0.102. The van der Waals surface area contributed by atoms with Crippen LogP contribution >= 0.6 is 0 Å². The highest BCUT2D eigenvalue weighted by molar-refractivity contribution is 6.04. The van der Waals surface area contributed by atoms with Gasteiger partial charge < -0.3 is 9.84 Å². The van der Waals surface area contributed by atoms with E-state index < -0.39 is 11.7 Å². The number of carbonyl (C=O) groups excluding carboxylic acids is 1. The Labute approximate surface area is 142 Å². The molecule has 1 amide bonds. The fourth-order valence-corrected chi connectivity index (χ4v) is 2.22. The van der Waals surface area contributed by atoms with Crippen LogP contribution in [0.2, 0.25) is 0 Å². The zero-order valence-corrected chi connectivity index (χ0v) is 13.3. The molecule has 3 rings (SSSR count). The monoisotopic (exact) mass is 336 g/mol. The minimum absolute atomic E-state index is 0.141. The summed E-state index contributed by atoms with van der Waals surface area (Å²) in [4.78, 5) is 16.5. The number of nitrogens with one attached hydrogen (secondary N) is 1. The van der Waals surface area contributed by atoms with Crippen LogP contribution in [0.5, 0.6) is 0 Å². The number of benzene rings is 2. The molecule has 2 aromatic carbocycles. The van der Waals surface area contributed by atoms with Crippen LogP contribution in [0.15, 0.2) is 47.0 Å². The molecule has 7 heteroatoms. The van der Waals surface area contributed by atoms with Gasteiger partial charge >= 0.3 is 0 Å². The number of rotatable bonds is 4. The summed E-state index contributed by atoms with van der Waals surface area (Å²) in [7, 11) is 0. The van der Waals surface area contributed by atoms with Crippen LogP contribution in [0.3, 0.4) is 0 Å². The van der Waals surface area contributed by atoms with Crippen LogP contribution in [0.1, 0.15) is 28.7 Å². The summed E-state index contributed by atoms with van der Waals surface area (Å²) in [6.07, 6.45) is 0.626. The number of nitrogens with zero attached hydrogens (tertiary/aromatic N) is 3. The Balaban J connectivity index is 1.82. The van der Waals surface area contributed by atoms with E-state index in [0.29, 0.717) is 29.4 Å². The summed E-state index contributed by atoms with van der Waals surface area (Å²) in [5.41, 5.74) is 1.15. The van der Waals surface area contributed by atoms with Gasteiger partial charge in [-0.2, -0.15) is 10.2 Å². The molecule has 0 bridgehead atoms. The second-order valence-corrected chi connectivity index (χ2v) is 5.21. The molecule has 0 aliphatic heterocycles. The Morgan fingerprint density at radius 1 is 1.32 bits per heavy atom. The first-order chi connectivity index (χ1) is 12.1. The minimum atomic E-state index is -0.751. The molecule has 0 saturated heterocycles. The molecule has 1 N–H and O–H groups in total. The van der Waals surface area contributed by atoms with Gasteiger partial charge in [-0.15, -0.1) is 0 Å². The molecular weight excluding hydrogens is 323 g/mol. The fourth-order valence-electron chi connectivity index (χ4n) is 2.22. The highest BCUT2D eigenvalue weighted by atomic mass is 19.1. The van der Waals surface area contributed by atoms with Crippen molar-refractivity contribution in [2.45, 2.75) is 13.3 Å². The first-order valence-corrected chi connectivity index (χ1v) is 7.54. The number of halogens is 1. The van der Waals surface area contributed by atoms with Gasteiger partial charge in [0.2, 0.25) is 11.7 Å². The SMILES string of the molecule is CCc1nc(-c2cccc(NC(=O)c3ccc(C#N)cc3F)c2)no1. The maximum absolute atomic E-state index is 13.9. The van der Waals surface area contributed by atoms with Crippen LogP contribution in [0, 0.1) is 17.1 Å². The Morgan fingerprint density at radius 2 is 2.16 bits per heavy atom. The maximum atomic E-state index is 13.9. The molecule has 25 heavy (non-hydrogen) atoms. The van der Waals surface area contributed by atoms with E-state index in [2.05, 4.69) is 15.5 Å².